The predicted molar refractivity (Wildman–Crippen MR) is 78.6 cm³/mol. The van der Waals surface area contributed by atoms with Crippen LogP contribution in [0.1, 0.15) is 29.2 Å². The molecule has 1 unspecified atom stereocenters. The smallest absolute Gasteiger partial charge is 0.416 e. The topological polar surface area (TPSA) is 52.3 Å². The molecule has 1 aliphatic rings. The highest BCUT2D eigenvalue weighted by Gasteiger charge is 2.30. The lowest BCUT2D eigenvalue weighted by molar-refractivity contribution is -0.137. The minimum Gasteiger partial charge on any atom is -0.441 e. The number of benzene rings is 2. The molecule has 0 aliphatic heterocycles. The van der Waals surface area contributed by atoms with Gasteiger partial charge in [0.25, 0.3) is 0 Å². The number of rotatable bonds is 2. The van der Waals surface area contributed by atoms with E-state index in [1.165, 1.54) is 12.1 Å². The molecule has 0 fully saturated rings. The normalized spacial score (nSPS) is 16.9. The summed E-state index contributed by atoms with van der Waals surface area (Å²) in [6, 6.07) is 10.6. The number of amides is 1. The molecule has 3 rings (SSSR count). The van der Waals surface area contributed by atoms with E-state index in [4.69, 9.17) is 10.5 Å². The molecule has 2 aromatic carbocycles. The van der Waals surface area contributed by atoms with Crippen LogP contribution in [0.4, 0.5) is 18.0 Å². The Hall–Kier alpha value is -2.50. The quantitative estimate of drug-likeness (QED) is 0.888. The van der Waals surface area contributed by atoms with Crippen LogP contribution in [0.15, 0.2) is 42.5 Å². The van der Waals surface area contributed by atoms with E-state index in [0.717, 1.165) is 35.2 Å². The molecule has 0 aromatic heterocycles. The summed E-state index contributed by atoms with van der Waals surface area (Å²) in [5.41, 5.74) is 7.84. The minimum atomic E-state index is -4.34. The van der Waals surface area contributed by atoms with Crippen molar-refractivity contribution in [1.82, 2.24) is 0 Å². The van der Waals surface area contributed by atoms with Gasteiger partial charge in [0.15, 0.2) is 0 Å². The maximum atomic E-state index is 12.6. The van der Waals surface area contributed by atoms with Gasteiger partial charge in [0.1, 0.15) is 6.10 Å². The SMILES string of the molecule is NC(=O)OC1CCc2cc(-c3ccc(C(F)(F)F)cc3)ccc21. The Balaban J connectivity index is 1.87. The Morgan fingerprint density at radius 2 is 1.74 bits per heavy atom. The lowest BCUT2D eigenvalue weighted by Crippen LogP contribution is -2.15. The molecule has 0 saturated heterocycles. The summed E-state index contributed by atoms with van der Waals surface area (Å²) in [6.45, 7) is 0. The van der Waals surface area contributed by atoms with Crippen molar-refractivity contribution >= 4 is 6.09 Å². The van der Waals surface area contributed by atoms with Gasteiger partial charge in [-0.05, 0) is 47.2 Å². The van der Waals surface area contributed by atoms with Gasteiger partial charge in [-0.1, -0.05) is 30.3 Å². The first-order valence-corrected chi connectivity index (χ1v) is 7.11. The Bertz CT molecular complexity index is 738. The highest BCUT2D eigenvalue weighted by molar-refractivity contribution is 5.67. The molecule has 1 atom stereocenters. The van der Waals surface area contributed by atoms with Crippen LogP contribution < -0.4 is 5.73 Å². The zero-order valence-electron chi connectivity index (χ0n) is 12.1. The molecular weight excluding hydrogens is 307 g/mol. The minimum absolute atomic E-state index is 0.343. The average Bonchev–Trinajstić information content (AvgIpc) is 2.88. The molecule has 3 nitrogen and oxygen atoms in total. The molecule has 0 heterocycles. The number of aryl methyl sites for hydroxylation is 1. The van der Waals surface area contributed by atoms with Crippen molar-refractivity contribution < 1.29 is 22.7 Å². The number of alkyl halides is 3. The van der Waals surface area contributed by atoms with E-state index in [9.17, 15) is 18.0 Å². The zero-order chi connectivity index (χ0) is 16.6. The third-order valence-electron chi connectivity index (χ3n) is 3.97. The van der Waals surface area contributed by atoms with Crippen molar-refractivity contribution in [3.8, 4) is 11.1 Å². The van der Waals surface area contributed by atoms with Gasteiger partial charge in [0.05, 0.1) is 5.56 Å². The Kier molecular flexibility index (Phi) is 3.75. The van der Waals surface area contributed by atoms with Gasteiger partial charge < -0.3 is 10.5 Å². The molecule has 0 saturated carbocycles. The van der Waals surface area contributed by atoms with Crippen molar-refractivity contribution in [1.29, 1.82) is 0 Å². The number of fused-ring (bicyclic) bond motifs is 1. The van der Waals surface area contributed by atoms with Crippen molar-refractivity contribution in [2.75, 3.05) is 0 Å². The Morgan fingerprint density at radius 3 is 2.35 bits per heavy atom. The van der Waals surface area contributed by atoms with E-state index in [1.807, 2.05) is 18.2 Å². The standard InChI is InChI=1S/C17H14F3NO2/c18-17(19,20)13-5-1-10(2-6-13)11-3-7-14-12(9-11)4-8-15(14)23-16(21)22/h1-3,5-7,9,15H,4,8H2,(H2,21,22). The number of carbonyl (C=O) groups excluding carboxylic acids is 1. The van der Waals surface area contributed by atoms with Crippen LogP contribution in [0.5, 0.6) is 0 Å². The molecule has 0 spiro atoms. The van der Waals surface area contributed by atoms with Crippen molar-refractivity contribution in [3.05, 3.63) is 59.2 Å². The fourth-order valence-corrected chi connectivity index (χ4v) is 2.87. The lowest BCUT2D eigenvalue weighted by atomic mass is 9.99. The van der Waals surface area contributed by atoms with Gasteiger partial charge in [-0.3, -0.25) is 0 Å². The number of halogens is 3. The zero-order valence-corrected chi connectivity index (χ0v) is 12.1. The number of nitrogens with two attached hydrogens (primary N) is 1. The van der Waals surface area contributed by atoms with Gasteiger partial charge in [-0.25, -0.2) is 4.79 Å². The summed E-state index contributed by atoms with van der Waals surface area (Å²) in [4.78, 5) is 10.9. The van der Waals surface area contributed by atoms with Gasteiger partial charge >= 0.3 is 12.3 Å². The summed E-state index contributed by atoms with van der Waals surface area (Å²) in [6.07, 6.45) is -4.09. The first-order valence-electron chi connectivity index (χ1n) is 7.11. The summed E-state index contributed by atoms with van der Waals surface area (Å²) in [7, 11) is 0. The molecule has 2 N–H and O–H groups in total. The average molecular weight is 321 g/mol. The first-order chi connectivity index (χ1) is 10.8. The largest absolute Gasteiger partial charge is 0.441 e. The number of hydrogen-bond donors (Lipinski definition) is 1. The fraction of sp³-hybridized carbons (Fsp3) is 0.235. The maximum absolute atomic E-state index is 12.6. The molecular formula is C17H14F3NO2. The van der Waals surface area contributed by atoms with Crippen LogP contribution in [0.2, 0.25) is 0 Å². The first kappa shape index (κ1) is 15.4. The summed E-state index contributed by atoms with van der Waals surface area (Å²) in [5.74, 6) is 0. The van der Waals surface area contributed by atoms with Gasteiger partial charge in [0, 0.05) is 0 Å². The molecule has 6 heteroatoms. The second-order valence-corrected chi connectivity index (χ2v) is 5.45. The van der Waals surface area contributed by atoms with Gasteiger partial charge in [-0.2, -0.15) is 13.2 Å². The van der Waals surface area contributed by atoms with Gasteiger partial charge in [0.2, 0.25) is 0 Å². The highest BCUT2D eigenvalue weighted by Crippen LogP contribution is 2.37. The van der Waals surface area contributed by atoms with E-state index in [1.54, 1.807) is 0 Å². The van der Waals surface area contributed by atoms with Crippen LogP contribution in [0, 0.1) is 0 Å². The molecule has 0 bridgehead atoms. The molecule has 1 aliphatic carbocycles. The maximum Gasteiger partial charge on any atom is 0.416 e. The summed E-state index contributed by atoms with van der Waals surface area (Å²) < 4.78 is 42.8. The monoisotopic (exact) mass is 321 g/mol. The van der Waals surface area contributed by atoms with Crippen molar-refractivity contribution in [3.63, 3.8) is 0 Å². The predicted octanol–water partition coefficient (Wildman–Crippen LogP) is 4.46. The van der Waals surface area contributed by atoms with Crippen LogP contribution in [0.25, 0.3) is 11.1 Å². The number of hydrogen-bond acceptors (Lipinski definition) is 2. The van der Waals surface area contributed by atoms with Gasteiger partial charge in [-0.15, -0.1) is 0 Å². The van der Waals surface area contributed by atoms with Crippen LogP contribution in [0.3, 0.4) is 0 Å². The lowest BCUT2D eigenvalue weighted by Gasteiger charge is -2.12. The van der Waals surface area contributed by atoms with Crippen LogP contribution in [-0.4, -0.2) is 6.09 Å². The second-order valence-electron chi connectivity index (χ2n) is 5.45. The Labute approximate surface area is 130 Å². The molecule has 0 radical (unpaired) electrons. The van der Waals surface area contributed by atoms with E-state index >= 15 is 0 Å². The molecule has 120 valence electrons. The van der Waals surface area contributed by atoms with Crippen molar-refractivity contribution in [2.45, 2.75) is 25.1 Å². The van der Waals surface area contributed by atoms with Crippen LogP contribution >= 0.6 is 0 Å². The fourth-order valence-electron chi connectivity index (χ4n) is 2.87. The molecule has 23 heavy (non-hydrogen) atoms. The number of ether oxygens (including phenoxy) is 1. The van der Waals surface area contributed by atoms with E-state index < -0.39 is 17.8 Å². The van der Waals surface area contributed by atoms with E-state index in [0.29, 0.717) is 12.0 Å². The summed E-state index contributed by atoms with van der Waals surface area (Å²) in [5, 5.41) is 0. The molecule has 1 amide bonds. The number of carbonyl (C=O) groups is 1. The van der Waals surface area contributed by atoms with Crippen molar-refractivity contribution in [2.24, 2.45) is 5.73 Å². The third kappa shape index (κ3) is 3.16. The second kappa shape index (κ2) is 5.61. The van der Waals surface area contributed by atoms with E-state index in [-0.39, 0.29) is 6.10 Å². The van der Waals surface area contributed by atoms with Crippen LogP contribution in [-0.2, 0) is 17.3 Å². The Morgan fingerprint density at radius 1 is 1.09 bits per heavy atom. The summed E-state index contributed by atoms with van der Waals surface area (Å²) >= 11 is 0. The number of primary amides is 1. The highest BCUT2D eigenvalue weighted by atomic mass is 19.4. The third-order valence-corrected chi connectivity index (χ3v) is 3.97. The van der Waals surface area contributed by atoms with E-state index in [2.05, 4.69) is 0 Å². The molecule has 2 aromatic rings.